The molecule has 0 aliphatic carbocycles. The molecule has 166 valence electrons. The van der Waals surface area contributed by atoms with Gasteiger partial charge < -0.3 is 14.7 Å². The zero-order chi connectivity index (χ0) is 23.0. The molecule has 1 N–H and O–H groups in total. The zero-order valence-corrected chi connectivity index (χ0v) is 18.4. The highest BCUT2D eigenvalue weighted by Crippen LogP contribution is 2.51. The van der Waals surface area contributed by atoms with Crippen molar-refractivity contribution in [2.45, 2.75) is 57.5 Å². The third-order valence-corrected chi connectivity index (χ3v) is 6.70. The minimum absolute atomic E-state index is 0.0808. The van der Waals surface area contributed by atoms with Crippen molar-refractivity contribution in [2.75, 3.05) is 20.2 Å². The number of rotatable bonds is 3. The van der Waals surface area contributed by atoms with Crippen LogP contribution < -0.4 is 0 Å². The van der Waals surface area contributed by atoms with E-state index in [1.54, 1.807) is 24.3 Å². The number of hydrogen-bond donors (Lipinski definition) is 1. The molecule has 8 nitrogen and oxygen atoms in total. The number of esters is 1. The van der Waals surface area contributed by atoms with Gasteiger partial charge in [-0.2, -0.15) is 5.26 Å². The Morgan fingerprint density at radius 3 is 2.52 bits per heavy atom. The third kappa shape index (κ3) is 3.62. The average molecular weight is 428 g/mol. The van der Waals surface area contributed by atoms with Gasteiger partial charge in [0.25, 0.3) is 0 Å². The summed E-state index contributed by atoms with van der Waals surface area (Å²) in [6.07, 6.45) is 0.342. The number of benzene rings is 1. The molecular formula is C23H29N3O5. The highest BCUT2D eigenvalue weighted by Gasteiger charge is 2.62. The van der Waals surface area contributed by atoms with Crippen molar-refractivity contribution in [3.63, 3.8) is 0 Å². The summed E-state index contributed by atoms with van der Waals surface area (Å²) in [6.45, 7) is 6.08. The van der Waals surface area contributed by atoms with E-state index in [4.69, 9.17) is 4.74 Å². The van der Waals surface area contributed by atoms with Crippen LogP contribution in [0.3, 0.4) is 0 Å². The molecule has 2 aliphatic rings. The van der Waals surface area contributed by atoms with Crippen LogP contribution in [0.2, 0.25) is 0 Å². The monoisotopic (exact) mass is 427 g/mol. The molecule has 2 heterocycles. The van der Waals surface area contributed by atoms with E-state index < -0.39 is 29.1 Å². The van der Waals surface area contributed by atoms with Gasteiger partial charge in [-0.1, -0.05) is 39.0 Å². The minimum Gasteiger partial charge on any atom is -0.465 e. The van der Waals surface area contributed by atoms with Gasteiger partial charge in [0.05, 0.1) is 18.7 Å². The molecule has 2 saturated heterocycles. The maximum absolute atomic E-state index is 13.9. The second-order valence-electron chi connectivity index (χ2n) is 9.27. The van der Waals surface area contributed by atoms with Gasteiger partial charge in [0, 0.05) is 19.0 Å². The largest absolute Gasteiger partial charge is 0.465 e. The van der Waals surface area contributed by atoms with Gasteiger partial charge in [-0.15, -0.1) is 0 Å². The molecule has 0 radical (unpaired) electrons. The first-order valence-electron chi connectivity index (χ1n) is 10.5. The van der Waals surface area contributed by atoms with E-state index in [1.807, 2.05) is 20.8 Å². The van der Waals surface area contributed by atoms with Crippen LogP contribution in [0.1, 0.15) is 61.9 Å². The third-order valence-electron chi connectivity index (χ3n) is 6.70. The van der Waals surface area contributed by atoms with Gasteiger partial charge in [0.1, 0.15) is 11.6 Å². The van der Waals surface area contributed by atoms with Crippen LogP contribution in [0, 0.1) is 16.7 Å². The molecule has 1 aromatic rings. The number of ether oxygens (including phenoxy) is 1. The number of hydrogen-bond acceptors (Lipinski definition) is 5. The van der Waals surface area contributed by atoms with Crippen LogP contribution in [0.25, 0.3) is 0 Å². The molecule has 1 aromatic carbocycles. The molecule has 0 unspecified atom stereocenters. The number of nitriles is 1. The van der Waals surface area contributed by atoms with Crippen LogP contribution >= 0.6 is 0 Å². The number of carbonyl (C=O) groups excluding carboxylic acids is 2. The van der Waals surface area contributed by atoms with Crippen molar-refractivity contribution in [1.82, 2.24) is 9.80 Å². The summed E-state index contributed by atoms with van der Waals surface area (Å²) in [7, 11) is 1.30. The minimum atomic E-state index is -1.35. The van der Waals surface area contributed by atoms with Gasteiger partial charge in [0.2, 0.25) is 5.91 Å². The first kappa shape index (κ1) is 22.6. The Hall–Kier alpha value is -3.08. The zero-order valence-electron chi connectivity index (χ0n) is 18.4. The summed E-state index contributed by atoms with van der Waals surface area (Å²) >= 11 is 0. The number of carbonyl (C=O) groups is 3. The van der Waals surface area contributed by atoms with Gasteiger partial charge in [0.15, 0.2) is 0 Å². The topological polar surface area (TPSA) is 111 Å². The fourth-order valence-electron chi connectivity index (χ4n) is 5.12. The predicted octanol–water partition coefficient (Wildman–Crippen LogP) is 3.24. The number of amides is 2. The summed E-state index contributed by atoms with van der Waals surface area (Å²) < 4.78 is 4.91. The normalized spacial score (nSPS) is 25.9. The summed E-state index contributed by atoms with van der Waals surface area (Å²) in [6, 6.07) is 8.58. The Kier molecular flexibility index (Phi) is 5.99. The molecule has 0 saturated carbocycles. The van der Waals surface area contributed by atoms with E-state index in [0.29, 0.717) is 30.5 Å². The van der Waals surface area contributed by atoms with Gasteiger partial charge >= 0.3 is 12.1 Å². The standard InChI is InChI=1S/C23H29N3O5/c1-22(2,3)23(20(28)25-11-7-8-16(25)13-24)12-15(14-26(23)21(29)30)17-9-5-6-10-18(17)19(27)31-4/h5-6,9-10,15-16H,7-8,11-12,14H2,1-4H3,(H,29,30)/t15-,16-,23-/m0/s1. The second kappa shape index (κ2) is 8.22. The molecule has 2 amide bonds. The van der Waals surface area contributed by atoms with Crippen LogP contribution in [0.15, 0.2) is 24.3 Å². The highest BCUT2D eigenvalue weighted by atomic mass is 16.5. The summed E-state index contributed by atoms with van der Waals surface area (Å²) in [5.41, 5.74) is -1.06. The number of nitrogens with zero attached hydrogens (tertiary/aromatic N) is 3. The van der Waals surface area contributed by atoms with Crippen molar-refractivity contribution < 1.29 is 24.2 Å². The Morgan fingerprint density at radius 2 is 1.94 bits per heavy atom. The molecule has 2 fully saturated rings. The van der Waals surface area contributed by atoms with E-state index in [1.165, 1.54) is 16.9 Å². The van der Waals surface area contributed by atoms with Crippen LogP contribution in [-0.4, -0.2) is 64.7 Å². The first-order chi connectivity index (χ1) is 14.6. The number of methoxy groups -OCH3 is 1. The average Bonchev–Trinajstić information content (AvgIpc) is 3.37. The van der Waals surface area contributed by atoms with Crippen molar-refractivity contribution in [2.24, 2.45) is 5.41 Å². The summed E-state index contributed by atoms with van der Waals surface area (Å²) in [5, 5.41) is 19.6. The molecule has 8 heteroatoms. The number of likely N-dealkylation sites (tertiary alicyclic amines) is 2. The van der Waals surface area contributed by atoms with Crippen molar-refractivity contribution in [3.05, 3.63) is 35.4 Å². The molecule has 0 bridgehead atoms. The lowest BCUT2D eigenvalue weighted by Gasteiger charge is -2.47. The van der Waals surface area contributed by atoms with Crippen LogP contribution in [0.5, 0.6) is 0 Å². The second-order valence-corrected chi connectivity index (χ2v) is 9.27. The SMILES string of the molecule is COC(=O)c1ccccc1[C@@H]1CN(C(=O)O)[C@@](C(=O)N2CCC[C@H]2C#N)(C(C)(C)C)C1. The smallest absolute Gasteiger partial charge is 0.408 e. The lowest BCUT2D eigenvalue weighted by Crippen LogP contribution is -2.65. The quantitative estimate of drug-likeness (QED) is 0.742. The molecule has 31 heavy (non-hydrogen) atoms. The molecule has 0 aromatic heterocycles. The maximum atomic E-state index is 13.9. The summed E-state index contributed by atoms with van der Waals surface area (Å²) in [4.78, 5) is 41.4. The summed E-state index contributed by atoms with van der Waals surface area (Å²) in [5.74, 6) is -1.19. The Balaban J connectivity index is 2.12. The Labute approximate surface area is 182 Å². The molecule has 3 atom stereocenters. The van der Waals surface area contributed by atoms with E-state index in [0.717, 1.165) is 0 Å². The molecule has 2 aliphatic heterocycles. The van der Waals surface area contributed by atoms with Gasteiger partial charge in [-0.3, -0.25) is 9.69 Å². The van der Waals surface area contributed by atoms with Crippen molar-refractivity contribution in [3.8, 4) is 6.07 Å². The fraction of sp³-hybridized carbons (Fsp3) is 0.565. The Morgan fingerprint density at radius 1 is 1.26 bits per heavy atom. The number of carboxylic acid groups (broad SMARTS) is 1. The van der Waals surface area contributed by atoms with Crippen molar-refractivity contribution in [1.29, 1.82) is 5.26 Å². The highest BCUT2D eigenvalue weighted by molar-refractivity contribution is 5.93. The molecule has 3 rings (SSSR count). The lowest BCUT2D eigenvalue weighted by molar-refractivity contribution is -0.148. The van der Waals surface area contributed by atoms with Crippen LogP contribution in [0.4, 0.5) is 4.79 Å². The van der Waals surface area contributed by atoms with E-state index in [-0.39, 0.29) is 24.8 Å². The maximum Gasteiger partial charge on any atom is 0.408 e. The van der Waals surface area contributed by atoms with Crippen molar-refractivity contribution >= 4 is 18.0 Å². The van der Waals surface area contributed by atoms with E-state index in [2.05, 4.69) is 6.07 Å². The van der Waals surface area contributed by atoms with Gasteiger partial charge in [-0.25, -0.2) is 9.59 Å². The van der Waals surface area contributed by atoms with E-state index in [9.17, 15) is 24.8 Å². The first-order valence-corrected chi connectivity index (χ1v) is 10.5. The lowest BCUT2D eigenvalue weighted by atomic mass is 9.69. The van der Waals surface area contributed by atoms with Crippen LogP contribution in [-0.2, 0) is 9.53 Å². The molecular weight excluding hydrogens is 398 g/mol. The van der Waals surface area contributed by atoms with E-state index >= 15 is 0 Å². The fourth-order valence-corrected chi connectivity index (χ4v) is 5.12. The predicted molar refractivity (Wildman–Crippen MR) is 112 cm³/mol. The van der Waals surface area contributed by atoms with Gasteiger partial charge in [-0.05, 0) is 36.3 Å². The Bertz CT molecular complexity index is 932. The molecule has 0 spiro atoms.